The number of amides is 3. The molecule has 3 amide bonds. The van der Waals surface area contributed by atoms with Crippen molar-refractivity contribution in [2.24, 2.45) is 0 Å². The summed E-state index contributed by atoms with van der Waals surface area (Å²) in [5, 5.41) is 0. The number of carbonyl (C=O) groups is 2. The largest absolute Gasteiger partial charge is 0.378 e. The predicted octanol–water partition coefficient (Wildman–Crippen LogP) is 4.79. The van der Waals surface area contributed by atoms with E-state index in [2.05, 4.69) is 46.2 Å². The van der Waals surface area contributed by atoms with Crippen molar-refractivity contribution in [2.45, 2.75) is 37.9 Å². The Kier molecular flexibility index (Phi) is 7.28. The second kappa shape index (κ2) is 10.8. The topological polar surface area (TPSA) is 47.1 Å². The number of hydrogen-bond acceptors (Lipinski definition) is 4. The number of likely N-dealkylation sites (tertiary alicyclic amines) is 1. The molecule has 2 aliphatic heterocycles. The van der Waals surface area contributed by atoms with Crippen LogP contribution < -0.4 is 4.90 Å². The molecule has 0 atom stereocenters. The van der Waals surface area contributed by atoms with Crippen LogP contribution in [-0.4, -0.2) is 65.9 Å². The third kappa shape index (κ3) is 5.25. The fraction of sp³-hybridized carbons (Fsp3) is 0.355. The second-order valence-corrected chi connectivity index (χ2v) is 10.4. The van der Waals surface area contributed by atoms with Gasteiger partial charge in [0.05, 0.1) is 6.54 Å². The zero-order chi connectivity index (χ0) is 25.8. The average Bonchev–Trinajstić information content (AvgIpc) is 3.11. The van der Waals surface area contributed by atoms with Crippen LogP contribution >= 0.6 is 0 Å². The highest BCUT2D eigenvalue weighted by Gasteiger charge is 2.57. The maximum Gasteiger partial charge on any atom is 0.328 e. The van der Waals surface area contributed by atoms with Crippen LogP contribution in [-0.2, 0) is 24.3 Å². The molecule has 2 aliphatic rings. The number of rotatable bonds is 8. The van der Waals surface area contributed by atoms with Gasteiger partial charge < -0.3 is 9.80 Å². The number of hydrogen-bond donors (Lipinski definition) is 0. The van der Waals surface area contributed by atoms with Gasteiger partial charge in [0, 0.05) is 46.0 Å². The van der Waals surface area contributed by atoms with Gasteiger partial charge in [0.1, 0.15) is 5.54 Å². The van der Waals surface area contributed by atoms with Crippen molar-refractivity contribution >= 4 is 17.6 Å². The normalized spacial score (nSPS) is 17.6. The molecule has 0 bridgehead atoms. The van der Waals surface area contributed by atoms with E-state index in [9.17, 15) is 9.59 Å². The van der Waals surface area contributed by atoms with Crippen LogP contribution in [0.25, 0.3) is 0 Å². The summed E-state index contributed by atoms with van der Waals surface area (Å²) < 4.78 is 0. The van der Waals surface area contributed by atoms with Gasteiger partial charge in [0.25, 0.3) is 5.91 Å². The third-order valence-corrected chi connectivity index (χ3v) is 7.81. The molecule has 6 heteroatoms. The summed E-state index contributed by atoms with van der Waals surface area (Å²) in [6.45, 7) is 3.30. The minimum absolute atomic E-state index is 0.0376. The van der Waals surface area contributed by atoms with Gasteiger partial charge in [-0.05, 0) is 48.1 Å². The molecule has 0 saturated carbocycles. The molecule has 1 spiro atoms. The van der Waals surface area contributed by atoms with E-state index in [0.717, 1.165) is 31.6 Å². The van der Waals surface area contributed by atoms with E-state index in [1.165, 1.54) is 21.7 Å². The Morgan fingerprint density at radius 1 is 0.730 bits per heavy atom. The highest BCUT2D eigenvalue weighted by Crippen LogP contribution is 2.38. The molecule has 3 aromatic rings. The molecule has 5 rings (SSSR count). The minimum Gasteiger partial charge on any atom is -0.378 e. The van der Waals surface area contributed by atoms with Crippen LogP contribution in [0, 0.1) is 0 Å². The number of piperidine rings is 1. The van der Waals surface area contributed by atoms with Gasteiger partial charge >= 0.3 is 6.03 Å². The summed E-state index contributed by atoms with van der Waals surface area (Å²) in [6.07, 6.45) is 2.06. The van der Waals surface area contributed by atoms with E-state index in [1.807, 2.05) is 67.5 Å². The molecule has 0 aliphatic carbocycles. The Morgan fingerprint density at radius 2 is 1.30 bits per heavy atom. The van der Waals surface area contributed by atoms with Crippen LogP contribution in [0.4, 0.5) is 10.5 Å². The molecule has 2 fully saturated rings. The van der Waals surface area contributed by atoms with Gasteiger partial charge in [0.2, 0.25) is 0 Å². The summed E-state index contributed by atoms with van der Waals surface area (Å²) in [6, 6.07) is 28.5. The van der Waals surface area contributed by atoms with E-state index in [-0.39, 0.29) is 11.9 Å². The highest BCUT2D eigenvalue weighted by molar-refractivity contribution is 6.07. The fourth-order valence-electron chi connectivity index (χ4n) is 5.61. The van der Waals surface area contributed by atoms with Crippen molar-refractivity contribution < 1.29 is 9.59 Å². The molecule has 6 nitrogen and oxygen atoms in total. The average molecular weight is 497 g/mol. The number of benzene rings is 3. The molecule has 3 aromatic carbocycles. The first-order chi connectivity index (χ1) is 18.0. The zero-order valence-electron chi connectivity index (χ0n) is 21.8. The Morgan fingerprint density at radius 3 is 1.89 bits per heavy atom. The smallest absolute Gasteiger partial charge is 0.328 e. The lowest BCUT2D eigenvalue weighted by atomic mass is 9.85. The molecular formula is C31H36N4O2. The van der Waals surface area contributed by atoms with Gasteiger partial charge in [-0.25, -0.2) is 4.79 Å². The first-order valence-corrected chi connectivity index (χ1v) is 13.2. The molecule has 2 heterocycles. The molecule has 37 heavy (non-hydrogen) atoms. The van der Waals surface area contributed by atoms with Gasteiger partial charge in [-0.1, -0.05) is 72.8 Å². The van der Waals surface area contributed by atoms with E-state index < -0.39 is 5.54 Å². The molecule has 0 N–H and O–H groups in total. The first kappa shape index (κ1) is 25.0. The quantitative estimate of drug-likeness (QED) is 0.421. The maximum atomic E-state index is 13.9. The van der Waals surface area contributed by atoms with E-state index in [0.29, 0.717) is 25.9 Å². The zero-order valence-corrected chi connectivity index (χ0v) is 21.8. The van der Waals surface area contributed by atoms with Crippen LogP contribution in [0.5, 0.6) is 0 Å². The first-order valence-electron chi connectivity index (χ1n) is 13.2. The van der Waals surface area contributed by atoms with E-state index >= 15 is 0 Å². The molecule has 2 saturated heterocycles. The van der Waals surface area contributed by atoms with Crippen molar-refractivity contribution in [2.75, 3.05) is 38.6 Å². The van der Waals surface area contributed by atoms with Gasteiger partial charge in [-0.15, -0.1) is 0 Å². The lowest BCUT2D eigenvalue weighted by molar-refractivity contribution is -0.136. The Balaban J connectivity index is 1.32. The van der Waals surface area contributed by atoms with Gasteiger partial charge in [-0.3, -0.25) is 14.6 Å². The molecule has 0 unspecified atom stereocenters. The molecular weight excluding hydrogens is 460 g/mol. The summed E-state index contributed by atoms with van der Waals surface area (Å²) in [5.41, 5.74) is 3.85. The highest BCUT2D eigenvalue weighted by atomic mass is 16.2. The monoisotopic (exact) mass is 496 g/mol. The number of urea groups is 1. The van der Waals surface area contributed by atoms with Crippen LogP contribution in [0.15, 0.2) is 84.9 Å². The van der Waals surface area contributed by atoms with Crippen molar-refractivity contribution in [1.29, 1.82) is 0 Å². The van der Waals surface area contributed by atoms with E-state index in [1.54, 1.807) is 0 Å². The second-order valence-electron chi connectivity index (χ2n) is 10.4. The van der Waals surface area contributed by atoms with Gasteiger partial charge in [0.15, 0.2) is 0 Å². The van der Waals surface area contributed by atoms with E-state index in [4.69, 9.17) is 0 Å². The number of imide groups is 1. The summed E-state index contributed by atoms with van der Waals surface area (Å²) in [5.74, 6) is -0.0376. The number of nitrogens with zero attached hydrogens (tertiary/aromatic N) is 4. The lowest BCUT2D eigenvalue weighted by Crippen LogP contribution is -2.56. The van der Waals surface area contributed by atoms with Crippen LogP contribution in [0.2, 0.25) is 0 Å². The Bertz CT molecular complexity index is 1200. The van der Waals surface area contributed by atoms with Gasteiger partial charge in [-0.2, -0.15) is 0 Å². The maximum absolute atomic E-state index is 13.9. The van der Waals surface area contributed by atoms with Crippen molar-refractivity contribution in [3.63, 3.8) is 0 Å². The van der Waals surface area contributed by atoms with Crippen molar-refractivity contribution in [1.82, 2.24) is 14.7 Å². The van der Waals surface area contributed by atoms with Crippen molar-refractivity contribution in [3.8, 4) is 0 Å². The predicted molar refractivity (Wildman–Crippen MR) is 147 cm³/mol. The molecule has 0 aromatic heterocycles. The minimum atomic E-state index is -0.758. The van der Waals surface area contributed by atoms with Crippen molar-refractivity contribution in [3.05, 3.63) is 102 Å². The lowest BCUT2D eigenvalue weighted by Gasteiger charge is -2.42. The van der Waals surface area contributed by atoms with Crippen LogP contribution in [0.1, 0.15) is 29.5 Å². The summed E-state index contributed by atoms with van der Waals surface area (Å²) >= 11 is 0. The fourth-order valence-corrected chi connectivity index (χ4v) is 5.61. The summed E-state index contributed by atoms with van der Waals surface area (Å²) in [7, 11) is 4.09. The number of anilines is 1. The Hall–Kier alpha value is -3.64. The molecule has 0 radical (unpaired) electrons. The standard InChI is InChI=1S/C31H36N4O2/c1-32(2)28-15-13-27(14-16-28)23-33-21-18-31(19-22-33)29(36)34(24-26-11-7-4-8-12-26)30(37)35(31)20-17-25-9-5-3-6-10-25/h3-16H,17-24H2,1-2H3. The number of carbonyl (C=O) groups excluding carboxylic acids is 2. The third-order valence-electron chi connectivity index (χ3n) is 7.81. The molecule has 192 valence electrons. The SMILES string of the molecule is CN(C)c1ccc(CN2CCC3(CC2)C(=O)N(Cc2ccccc2)C(=O)N3CCc2ccccc2)cc1. The van der Waals surface area contributed by atoms with Crippen LogP contribution in [0.3, 0.4) is 0 Å². The summed E-state index contributed by atoms with van der Waals surface area (Å²) in [4.78, 5) is 35.5. The Labute approximate surface area is 220 Å².